The molecule has 0 saturated carbocycles. The molecule has 2 unspecified atom stereocenters. The average molecular weight is 634 g/mol. The third-order valence-electron chi connectivity index (χ3n) is 6.89. The molecule has 1 saturated heterocycles. The molecule has 3 aromatic rings. The van der Waals surface area contributed by atoms with Gasteiger partial charge in [0.05, 0.1) is 6.20 Å². The molecule has 11 heteroatoms. The third kappa shape index (κ3) is 12.5. The van der Waals surface area contributed by atoms with E-state index in [-0.39, 0.29) is 18.6 Å². The highest BCUT2D eigenvalue weighted by atomic mass is 16.8. The normalized spacial score (nSPS) is 15.3. The fourth-order valence-corrected chi connectivity index (χ4v) is 4.56. The number of ether oxygens (including phenoxy) is 4. The molecule has 2 N–H and O–H groups in total. The summed E-state index contributed by atoms with van der Waals surface area (Å²) in [4.78, 5) is 47.7. The number of aryl methyl sites for hydroxylation is 1. The Morgan fingerprint density at radius 3 is 2.39 bits per heavy atom. The summed E-state index contributed by atoms with van der Waals surface area (Å²) < 4.78 is 22.2. The van der Waals surface area contributed by atoms with Gasteiger partial charge in [0, 0.05) is 31.6 Å². The van der Waals surface area contributed by atoms with Crippen molar-refractivity contribution in [3.63, 3.8) is 0 Å². The maximum Gasteiger partial charge on any atom is 0.408 e. The Labute approximate surface area is 269 Å². The summed E-state index contributed by atoms with van der Waals surface area (Å²) >= 11 is 0. The number of carbonyl (C=O) groups excluding carboxylic acids is 3. The number of rotatable bonds is 14. The van der Waals surface area contributed by atoms with E-state index in [4.69, 9.17) is 23.8 Å². The molecule has 1 aliphatic rings. The van der Waals surface area contributed by atoms with Gasteiger partial charge in [-0.2, -0.15) is 0 Å². The average Bonchev–Trinajstić information content (AvgIpc) is 3.04. The Hall–Kier alpha value is -4.48. The zero-order chi connectivity index (χ0) is 32.8. The molecule has 1 fully saturated rings. The number of amides is 2. The van der Waals surface area contributed by atoms with Crippen molar-refractivity contribution in [1.29, 1.82) is 0 Å². The Kier molecular flexibility index (Phi) is 12.9. The van der Waals surface area contributed by atoms with Crippen LogP contribution in [0.1, 0.15) is 69.7 Å². The van der Waals surface area contributed by atoms with Crippen molar-refractivity contribution in [3.8, 4) is 11.5 Å². The number of carbonyl (C=O) groups is 3. The standard InChI is InChI=1S/C35H43N3O8/c1-35(2,3)45-34(41)37-30(22-27-17-20-29(23-36-27)43-24-26-10-5-4-6-11-26)33(40)44-28-18-15-25(16-19-28)12-9-13-31(39)38-46-32-14-7-8-21-42-32/h4-6,10-11,15-20,23,30,32H,7-9,12-14,21-22,24H2,1-3H3,(H,37,41)(H,38,39). The number of aromatic nitrogens is 1. The maximum atomic E-state index is 13.2. The van der Waals surface area contributed by atoms with Gasteiger partial charge in [0.2, 0.25) is 5.91 Å². The Morgan fingerprint density at radius 1 is 0.957 bits per heavy atom. The lowest BCUT2D eigenvalue weighted by atomic mass is 10.1. The van der Waals surface area contributed by atoms with Crippen LogP contribution in [-0.4, -0.2) is 47.5 Å². The predicted molar refractivity (Wildman–Crippen MR) is 170 cm³/mol. The minimum Gasteiger partial charge on any atom is -0.487 e. The van der Waals surface area contributed by atoms with Gasteiger partial charge in [-0.05, 0) is 81.8 Å². The molecule has 0 aliphatic carbocycles. The van der Waals surface area contributed by atoms with Crippen LogP contribution in [0.25, 0.3) is 0 Å². The highest BCUT2D eigenvalue weighted by Gasteiger charge is 2.27. The predicted octanol–water partition coefficient (Wildman–Crippen LogP) is 5.60. The Bertz CT molecular complexity index is 1390. The number of benzene rings is 2. The first-order valence-electron chi connectivity index (χ1n) is 15.6. The molecule has 1 aromatic heterocycles. The lowest BCUT2D eigenvalue weighted by Crippen LogP contribution is -2.46. The van der Waals surface area contributed by atoms with Crippen molar-refractivity contribution in [2.45, 2.75) is 90.3 Å². The lowest BCUT2D eigenvalue weighted by Gasteiger charge is -2.23. The minimum absolute atomic E-state index is 0.0772. The molecule has 0 spiro atoms. The van der Waals surface area contributed by atoms with Crippen molar-refractivity contribution in [1.82, 2.24) is 15.8 Å². The first kappa shape index (κ1) is 34.4. The van der Waals surface area contributed by atoms with Crippen LogP contribution < -0.4 is 20.3 Å². The van der Waals surface area contributed by atoms with Gasteiger partial charge in [0.15, 0.2) is 6.29 Å². The number of alkyl carbamates (subject to hydrolysis) is 1. The van der Waals surface area contributed by atoms with Crippen molar-refractivity contribution in [2.24, 2.45) is 0 Å². The maximum absolute atomic E-state index is 13.2. The van der Waals surface area contributed by atoms with Crippen LogP contribution in [0.15, 0.2) is 72.9 Å². The van der Waals surface area contributed by atoms with Crippen molar-refractivity contribution >= 4 is 18.0 Å². The number of pyridine rings is 1. The van der Waals surface area contributed by atoms with E-state index in [0.29, 0.717) is 49.7 Å². The number of hydroxylamine groups is 1. The van der Waals surface area contributed by atoms with Gasteiger partial charge in [-0.1, -0.05) is 42.5 Å². The molecular weight excluding hydrogens is 590 g/mol. The van der Waals surface area contributed by atoms with Gasteiger partial charge in [-0.3, -0.25) is 9.78 Å². The largest absolute Gasteiger partial charge is 0.487 e. The zero-order valence-electron chi connectivity index (χ0n) is 26.7. The van der Waals surface area contributed by atoms with Crippen LogP contribution in [0.5, 0.6) is 11.5 Å². The quantitative estimate of drug-likeness (QED) is 0.132. The molecule has 2 amide bonds. The van der Waals surface area contributed by atoms with Gasteiger partial charge in [0.1, 0.15) is 29.7 Å². The summed E-state index contributed by atoms with van der Waals surface area (Å²) in [6.45, 7) is 6.26. The van der Waals surface area contributed by atoms with E-state index in [1.807, 2.05) is 42.5 Å². The monoisotopic (exact) mass is 633 g/mol. The van der Waals surface area contributed by atoms with Crippen LogP contribution in [0, 0.1) is 0 Å². The minimum atomic E-state index is -1.06. The van der Waals surface area contributed by atoms with Crippen LogP contribution in [0.3, 0.4) is 0 Å². The van der Waals surface area contributed by atoms with Crippen LogP contribution in [-0.2, 0) is 43.3 Å². The van der Waals surface area contributed by atoms with Gasteiger partial charge in [0.25, 0.3) is 0 Å². The van der Waals surface area contributed by atoms with E-state index in [9.17, 15) is 14.4 Å². The number of hydrogen-bond acceptors (Lipinski definition) is 9. The van der Waals surface area contributed by atoms with Crippen LogP contribution in [0.4, 0.5) is 4.79 Å². The molecule has 0 radical (unpaired) electrons. The summed E-state index contributed by atoms with van der Waals surface area (Å²) in [6.07, 6.45) is 4.90. The first-order chi connectivity index (χ1) is 22.1. The smallest absolute Gasteiger partial charge is 0.408 e. The van der Waals surface area contributed by atoms with E-state index in [1.54, 1.807) is 51.2 Å². The molecule has 4 rings (SSSR count). The SMILES string of the molecule is CC(C)(C)OC(=O)NC(Cc1ccc(OCc2ccccc2)cn1)C(=O)Oc1ccc(CCCC(=O)NOC2CCCCO2)cc1. The molecule has 2 aromatic carbocycles. The van der Waals surface area contributed by atoms with Gasteiger partial charge < -0.3 is 24.3 Å². The van der Waals surface area contributed by atoms with Crippen molar-refractivity contribution in [2.75, 3.05) is 6.61 Å². The van der Waals surface area contributed by atoms with E-state index in [1.165, 1.54) is 0 Å². The van der Waals surface area contributed by atoms with Gasteiger partial charge in [-0.25, -0.2) is 19.9 Å². The highest BCUT2D eigenvalue weighted by Crippen LogP contribution is 2.18. The number of nitrogens with zero attached hydrogens (tertiary/aromatic N) is 1. The molecule has 246 valence electrons. The van der Waals surface area contributed by atoms with E-state index in [2.05, 4.69) is 15.8 Å². The number of nitrogens with one attached hydrogen (secondary N) is 2. The summed E-state index contributed by atoms with van der Waals surface area (Å²) in [6, 6.07) is 19.2. The summed E-state index contributed by atoms with van der Waals surface area (Å²) in [5, 5.41) is 2.62. The van der Waals surface area contributed by atoms with E-state index in [0.717, 1.165) is 30.4 Å². The van der Waals surface area contributed by atoms with Crippen molar-refractivity contribution < 1.29 is 38.2 Å². The second-order valence-corrected chi connectivity index (χ2v) is 12.0. The molecule has 11 nitrogen and oxygen atoms in total. The first-order valence-corrected chi connectivity index (χ1v) is 15.6. The number of hydrogen-bond donors (Lipinski definition) is 2. The van der Waals surface area contributed by atoms with Crippen molar-refractivity contribution in [3.05, 3.63) is 89.7 Å². The molecule has 2 heterocycles. The molecule has 46 heavy (non-hydrogen) atoms. The Balaban J connectivity index is 1.28. The molecular formula is C35H43N3O8. The second kappa shape index (κ2) is 17.3. The van der Waals surface area contributed by atoms with Gasteiger partial charge >= 0.3 is 12.1 Å². The van der Waals surface area contributed by atoms with E-state index < -0.39 is 23.7 Å². The second-order valence-electron chi connectivity index (χ2n) is 12.0. The highest BCUT2D eigenvalue weighted by molar-refractivity contribution is 5.83. The summed E-state index contributed by atoms with van der Waals surface area (Å²) in [5.41, 5.74) is 4.28. The van der Waals surface area contributed by atoms with E-state index >= 15 is 0 Å². The molecule has 0 bridgehead atoms. The number of esters is 1. The molecule has 1 aliphatic heterocycles. The van der Waals surface area contributed by atoms with Gasteiger partial charge in [-0.15, -0.1) is 0 Å². The molecule has 2 atom stereocenters. The summed E-state index contributed by atoms with van der Waals surface area (Å²) in [5.74, 6) is 0.0337. The topological polar surface area (TPSA) is 134 Å². The third-order valence-corrected chi connectivity index (χ3v) is 6.89. The Morgan fingerprint density at radius 2 is 1.72 bits per heavy atom. The van der Waals surface area contributed by atoms with Crippen LogP contribution >= 0.6 is 0 Å². The lowest BCUT2D eigenvalue weighted by molar-refractivity contribution is -0.200. The fraction of sp³-hybridized carbons (Fsp3) is 0.429. The van der Waals surface area contributed by atoms with Crippen LogP contribution in [0.2, 0.25) is 0 Å². The summed E-state index contributed by atoms with van der Waals surface area (Å²) in [7, 11) is 0. The zero-order valence-corrected chi connectivity index (χ0v) is 26.7. The fourth-order valence-electron chi connectivity index (χ4n) is 4.56.